The van der Waals surface area contributed by atoms with Gasteiger partial charge in [-0.25, -0.2) is 4.98 Å². The molecule has 40 heavy (non-hydrogen) atoms. The zero-order valence-electron chi connectivity index (χ0n) is 23.4. The molecule has 0 atom stereocenters. The lowest BCUT2D eigenvalue weighted by atomic mass is 10.1. The molecule has 0 unspecified atom stereocenters. The lowest BCUT2D eigenvalue weighted by molar-refractivity contribution is -0.130. The summed E-state index contributed by atoms with van der Waals surface area (Å²) < 4.78 is 6.42. The molecule has 1 aliphatic heterocycles. The van der Waals surface area contributed by atoms with Crippen LogP contribution >= 0.6 is 23.1 Å². The third-order valence-electron chi connectivity index (χ3n) is 6.59. The molecule has 3 aromatic rings. The molecule has 0 bridgehead atoms. The minimum absolute atomic E-state index is 0.0198. The Hall–Kier alpha value is -3.41. The van der Waals surface area contributed by atoms with Crippen molar-refractivity contribution < 1.29 is 19.1 Å². The molecular formula is C29H35N5O4S2. The zero-order chi connectivity index (χ0) is 28.8. The summed E-state index contributed by atoms with van der Waals surface area (Å²) in [6.07, 6.45) is 1.72. The van der Waals surface area contributed by atoms with E-state index < -0.39 is 0 Å². The van der Waals surface area contributed by atoms with E-state index in [-0.39, 0.29) is 17.7 Å². The number of piperazine rings is 1. The lowest BCUT2D eigenvalue weighted by Gasteiger charge is -2.34. The van der Waals surface area contributed by atoms with Crippen molar-refractivity contribution in [3.8, 4) is 5.75 Å². The molecule has 212 valence electrons. The van der Waals surface area contributed by atoms with Crippen LogP contribution in [0.15, 0.2) is 51.7 Å². The average Bonchev–Trinajstić information content (AvgIpc) is 3.39. The van der Waals surface area contributed by atoms with E-state index in [1.165, 1.54) is 23.1 Å². The van der Waals surface area contributed by atoms with Crippen LogP contribution in [-0.4, -0.2) is 71.8 Å². The van der Waals surface area contributed by atoms with Gasteiger partial charge < -0.3 is 19.9 Å². The Morgan fingerprint density at radius 2 is 1.75 bits per heavy atom. The van der Waals surface area contributed by atoms with Crippen molar-refractivity contribution in [1.29, 1.82) is 0 Å². The first-order valence-corrected chi connectivity index (χ1v) is 14.8. The maximum Gasteiger partial charge on any atom is 0.257 e. The Morgan fingerprint density at radius 3 is 2.38 bits per heavy atom. The molecule has 0 spiro atoms. The number of anilines is 1. The van der Waals surface area contributed by atoms with E-state index >= 15 is 0 Å². The van der Waals surface area contributed by atoms with Crippen molar-refractivity contribution >= 4 is 46.0 Å². The predicted octanol–water partition coefficient (Wildman–Crippen LogP) is 4.67. The third-order valence-corrected chi connectivity index (χ3v) is 8.76. The Labute approximate surface area is 243 Å². The number of nitrogens with zero attached hydrogens (tertiary/aromatic N) is 3. The second kappa shape index (κ2) is 13.3. The number of aromatic nitrogens is 1. The number of aryl methyl sites for hydroxylation is 1. The molecule has 2 N–H and O–H groups in total. The van der Waals surface area contributed by atoms with Crippen molar-refractivity contribution in [2.45, 2.75) is 49.4 Å². The van der Waals surface area contributed by atoms with E-state index in [4.69, 9.17) is 4.74 Å². The Bertz CT molecular complexity index is 1370. The molecule has 2 heterocycles. The molecule has 1 fully saturated rings. The smallest absolute Gasteiger partial charge is 0.257 e. The van der Waals surface area contributed by atoms with Gasteiger partial charge in [0.25, 0.3) is 11.8 Å². The molecule has 4 rings (SSSR count). The molecule has 1 aromatic heterocycles. The van der Waals surface area contributed by atoms with Crippen molar-refractivity contribution in [2.24, 2.45) is 0 Å². The summed E-state index contributed by atoms with van der Waals surface area (Å²) in [6, 6.07) is 11.6. The third kappa shape index (κ3) is 7.41. The van der Waals surface area contributed by atoms with Crippen molar-refractivity contribution in [3.05, 3.63) is 64.8 Å². The van der Waals surface area contributed by atoms with Crippen LogP contribution in [0.4, 0.5) is 5.13 Å². The number of carbonyl (C=O) groups excluding carboxylic acids is 3. The van der Waals surface area contributed by atoms with Crippen LogP contribution < -0.4 is 15.4 Å². The first kappa shape index (κ1) is 29.6. The second-order valence-corrected chi connectivity index (χ2v) is 12.3. The second-order valence-electron chi connectivity index (χ2n) is 9.89. The highest BCUT2D eigenvalue weighted by atomic mass is 32.2. The number of ether oxygens (including phenoxy) is 1. The average molecular weight is 582 g/mol. The van der Waals surface area contributed by atoms with Crippen LogP contribution in [0.2, 0.25) is 0 Å². The van der Waals surface area contributed by atoms with Crippen LogP contribution in [0.1, 0.15) is 52.6 Å². The van der Waals surface area contributed by atoms with Crippen molar-refractivity contribution in [1.82, 2.24) is 20.1 Å². The number of rotatable bonds is 9. The minimum Gasteiger partial charge on any atom is -0.496 e. The quantitative estimate of drug-likeness (QED) is 0.379. The number of benzene rings is 2. The largest absolute Gasteiger partial charge is 0.496 e. The fourth-order valence-electron chi connectivity index (χ4n) is 4.24. The van der Waals surface area contributed by atoms with Crippen molar-refractivity contribution in [3.63, 3.8) is 0 Å². The molecule has 9 nitrogen and oxygen atoms in total. The van der Waals surface area contributed by atoms with Gasteiger partial charge in [0.05, 0.1) is 23.1 Å². The van der Waals surface area contributed by atoms with Gasteiger partial charge >= 0.3 is 0 Å². The Balaban J connectivity index is 1.42. The van der Waals surface area contributed by atoms with Crippen molar-refractivity contribution in [2.75, 3.05) is 38.6 Å². The van der Waals surface area contributed by atoms with E-state index in [1.54, 1.807) is 30.0 Å². The summed E-state index contributed by atoms with van der Waals surface area (Å²) in [6.45, 7) is 10.5. The topological polar surface area (TPSA) is 104 Å². The normalized spacial score (nSPS) is 13.4. The van der Waals surface area contributed by atoms with Gasteiger partial charge in [0.1, 0.15) is 5.75 Å². The van der Waals surface area contributed by atoms with Gasteiger partial charge in [0, 0.05) is 56.1 Å². The highest BCUT2D eigenvalue weighted by molar-refractivity contribution is 8.01. The van der Waals surface area contributed by atoms with E-state index in [1.807, 2.05) is 43.3 Å². The van der Waals surface area contributed by atoms with Gasteiger partial charge in [-0.2, -0.15) is 0 Å². The SMILES string of the molecule is COc1cc(C)c(Sc2cnc(NC(=O)c3ccc(CNC(C)C)cc3)s2)cc1C(=O)N1CCN(C(C)=O)CC1. The summed E-state index contributed by atoms with van der Waals surface area (Å²) in [7, 11) is 1.56. The highest BCUT2D eigenvalue weighted by Gasteiger charge is 2.26. The van der Waals surface area contributed by atoms with Crippen LogP contribution in [0.3, 0.4) is 0 Å². The number of nitrogens with one attached hydrogen (secondary N) is 2. The van der Waals surface area contributed by atoms with Gasteiger partial charge in [0.2, 0.25) is 5.91 Å². The van der Waals surface area contributed by atoms with Gasteiger partial charge in [-0.05, 0) is 42.3 Å². The maximum absolute atomic E-state index is 13.4. The number of hydrogen-bond donors (Lipinski definition) is 2. The van der Waals surface area contributed by atoms with Gasteiger partial charge in [-0.1, -0.05) is 49.1 Å². The minimum atomic E-state index is -0.215. The van der Waals surface area contributed by atoms with Gasteiger partial charge in [-0.3, -0.25) is 19.7 Å². The summed E-state index contributed by atoms with van der Waals surface area (Å²) >= 11 is 2.86. The standard InChI is InChI=1S/C29H35N5O4S2/c1-18(2)30-16-21-6-8-22(9-7-21)27(36)32-29-31-17-26(40-29)39-25-15-23(24(38-5)14-19(25)3)28(37)34-12-10-33(11-13-34)20(4)35/h6-9,14-15,17-18,30H,10-13,16H2,1-5H3,(H,31,32,36). The first-order valence-electron chi connectivity index (χ1n) is 13.2. The molecule has 1 saturated heterocycles. The fraction of sp³-hybridized carbons (Fsp3) is 0.379. The number of hydrogen-bond acceptors (Lipinski definition) is 8. The Kier molecular flexibility index (Phi) is 9.83. The summed E-state index contributed by atoms with van der Waals surface area (Å²) in [4.78, 5) is 46.6. The molecule has 11 heteroatoms. The lowest BCUT2D eigenvalue weighted by Crippen LogP contribution is -2.50. The summed E-state index contributed by atoms with van der Waals surface area (Å²) in [5.41, 5.74) is 3.13. The number of methoxy groups -OCH3 is 1. The highest BCUT2D eigenvalue weighted by Crippen LogP contribution is 2.38. The van der Waals surface area contributed by atoms with Crippen LogP contribution in [0.5, 0.6) is 5.75 Å². The molecule has 3 amide bonds. The van der Waals surface area contributed by atoms with E-state index in [0.717, 1.165) is 26.8 Å². The maximum atomic E-state index is 13.4. The van der Waals surface area contributed by atoms with Crippen LogP contribution in [0.25, 0.3) is 0 Å². The zero-order valence-corrected chi connectivity index (χ0v) is 25.1. The molecule has 0 saturated carbocycles. The van der Waals surface area contributed by atoms with Gasteiger partial charge in [0.15, 0.2) is 5.13 Å². The van der Waals surface area contributed by atoms with E-state index in [2.05, 4.69) is 29.5 Å². The molecule has 1 aliphatic rings. The van der Waals surface area contributed by atoms with Crippen LogP contribution in [-0.2, 0) is 11.3 Å². The Morgan fingerprint density at radius 1 is 1.07 bits per heavy atom. The fourth-order valence-corrected chi connectivity index (χ4v) is 6.18. The van der Waals surface area contributed by atoms with E-state index in [9.17, 15) is 14.4 Å². The first-order chi connectivity index (χ1) is 19.1. The summed E-state index contributed by atoms with van der Waals surface area (Å²) in [5, 5.41) is 6.75. The van der Waals surface area contributed by atoms with Gasteiger partial charge in [-0.15, -0.1) is 0 Å². The predicted molar refractivity (Wildman–Crippen MR) is 158 cm³/mol. The molecule has 2 aromatic carbocycles. The monoisotopic (exact) mass is 581 g/mol. The molecular weight excluding hydrogens is 546 g/mol. The molecule has 0 radical (unpaired) electrons. The number of thiazole rings is 1. The molecule has 0 aliphatic carbocycles. The van der Waals surface area contributed by atoms with Crippen LogP contribution in [0, 0.1) is 6.92 Å². The summed E-state index contributed by atoms with van der Waals surface area (Å²) in [5.74, 6) is 0.202. The number of amides is 3. The number of carbonyl (C=O) groups is 3. The van der Waals surface area contributed by atoms with E-state index in [0.29, 0.717) is 54.2 Å².